The molecule has 0 amide bonds. The predicted molar refractivity (Wildman–Crippen MR) is 63.3 cm³/mol. The summed E-state index contributed by atoms with van der Waals surface area (Å²) in [5, 5.41) is 0. The number of nitrogens with zero attached hydrogens (tertiary/aromatic N) is 1. The van der Waals surface area contributed by atoms with Gasteiger partial charge in [0.2, 0.25) is 0 Å². The lowest BCUT2D eigenvalue weighted by atomic mass is 9.65. The van der Waals surface area contributed by atoms with Crippen LogP contribution in [0.4, 0.5) is 17.6 Å². The summed E-state index contributed by atoms with van der Waals surface area (Å²) in [6.45, 7) is 0. The molecule has 0 bridgehead atoms. The van der Waals surface area contributed by atoms with E-state index in [1.165, 1.54) is 6.07 Å². The van der Waals surface area contributed by atoms with Gasteiger partial charge in [-0.3, -0.25) is 0 Å². The molecule has 7 heteroatoms. The molecule has 0 saturated heterocycles. The number of hydrogen-bond donors (Lipinski definition) is 1. The maximum Gasteiger partial charge on any atom is 0.283 e. The van der Waals surface area contributed by atoms with Gasteiger partial charge in [-0.15, -0.1) is 0 Å². The standard InChI is InChI=1S/C13H12F4N2O/c14-8-3-1-2-7(10(8)15)13(11(16)17)6-4-5-9(6)20-12(18)19-13/h1-3,6,9,11H,4-5H2,(H2,18,19). The topological polar surface area (TPSA) is 47.6 Å². The Hall–Kier alpha value is -1.79. The third-order valence-electron chi connectivity index (χ3n) is 4.06. The number of alkyl halides is 2. The van der Waals surface area contributed by atoms with Crippen molar-refractivity contribution in [2.75, 3.05) is 0 Å². The first-order chi connectivity index (χ1) is 9.46. The first kappa shape index (κ1) is 13.2. The molecule has 3 unspecified atom stereocenters. The first-order valence-electron chi connectivity index (χ1n) is 6.21. The number of halogens is 4. The van der Waals surface area contributed by atoms with Crippen LogP contribution in [0.1, 0.15) is 18.4 Å². The lowest BCUT2D eigenvalue weighted by Crippen LogP contribution is -2.57. The van der Waals surface area contributed by atoms with Crippen molar-refractivity contribution in [2.45, 2.75) is 30.9 Å². The van der Waals surface area contributed by atoms with Crippen LogP contribution in [-0.4, -0.2) is 18.6 Å². The van der Waals surface area contributed by atoms with Crippen LogP contribution >= 0.6 is 0 Å². The molecule has 2 aliphatic rings. The van der Waals surface area contributed by atoms with Gasteiger partial charge >= 0.3 is 0 Å². The van der Waals surface area contributed by atoms with Crippen molar-refractivity contribution < 1.29 is 22.3 Å². The lowest BCUT2D eigenvalue weighted by Gasteiger charge is -2.50. The Morgan fingerprint density at radius 1 is 1.30 bits per heavy atom. The quantitative estimate of drug-likeness (QED) is 0.850. The van der Waals surface area contributed by atoms with Crippen LogP contribution in [0.3, 0.4) is 0 Å². The number of hydrogen-bond acceptors (Lipinski definition) is 3. The zero-order chi connectivity index (χ0) is 14.5. The molecule has 3 rings (SSSR count). The SMILES string of the molecule is NC1=NC(c2cccc(F)c2F)(C(F)F)C2CCC2O1. The smallest absolute Gasteiger partial charge is 0.283 e. The number of benzene rings is 1. The summed E-state index contributed by atoms with van der Waals surface area (Å²) >= 11 is 0. The summed E-state index contributed by atoms with van der Waals surface area (Å²) in [5.41, 5.74) is 2.80. The van der Waals surface area contributed by atoms with Gasteiger partial charge in [0.15, 0.2) is 17.2 Å². The Balaban J connectivity index is 2.22. The van der Waals surface area contributed by atoms with E-state index in [9.17, 15) is 17.6 Å². The van der Waals surface area contributed by atoms with E-state index in [1.54, 1.807) is 0 Å². The first-order valence-corrected chi connectivity index (χ1v) is 6.21. The fourth-order valence-electron chi connectivity index (χ4n) is 2.96. The molecule has 0 radical (unpaired) electrons. The Labute approximate surface area is 112 Å². The van der Waals surface area contributed by atoms with Crippen molar-refractivity contribution in [3.63, 3.8) is 0 Å². The average molecular weight is 288 g/mol. The second-order valence-corrected chi connectivity index (χ2v) is 5.02. The Morgan fingerprint density at radius 3 is 2.65 bits per heavy atom. The highest BCUT2D eigenvalue weighted by molar-refractivity contribution is 5.73. The summed E-state index contributed by atoms with van der Waals surface area (Å²) in [6, 6.07) is 2.78. The number of ether oxygens (including phenoxy) is 1. The molecular weight excluding hydrogens is 276 g/mol. The Kier molecular flexibility index (Phi) is 2.88. The fraction of sp³-hybridized carbons (Fsp3) is 0.462. The highest BCUT2D eigenvalue weighted by Gasteiger charge is 2.59. The van der Waals surface area contributed by atoms with E-state index in [-0.39, 0.29) is 0 Å². The second kappa shape index (κ2) is 4.36. The van der Waals surface area contributed by atoms with E-state index in [1.807, 2.05) is 0 Å². The van der Waals surface area contributed by atoms with Gasteiger partial charge in [-0.1, -0.05) is 12.1 Å². The van der Waals surface area contributed by atoms with Crippen LogP contribution in [0.5, 0.6) is 0 Å². The summed E-state index contributed by atoms with van der Waals surface area (Å²) in [4.78, 5) is 3.68. The van der Waals surface area contributed by atoms with E-state index in [0.717, 1.165) is 12.1 Å². The number of fused-ring (bicyclic) bond motifs is 1. The molecule has 1 aliphatic heterocycles. The van der Waals surface area contributed by atoms with Gasteiger partial charge in [0.1, 0.15) is 6.10 Å². The van der Waals surface area contributed by atoms with Gasteiger partial charge < -0.3 is 10.5 Å². The monoisotopic (exact) mass is 288 g/mol. The van der Waals surface area contributed by atoms with Crippen LogP contribution in [0.2, 0.25) is 0 Å². The second-order valence-electron chi connectivity index (χ2n) is 5.02. The van der Waals surface area contributed by atoms with Crippen molar-refractivity contribution in [3.8, 4) is 0 Å². The van der Waals surface area contributed by atoms with Gasteiger partial charge in [-0.25, -0.2) is 22.6 Å². The fourth-order valence-corrected chi connectivity index (χ4v) is 2.96. The van der Waals surface area contributed by atoms with Crippen molar-refractivity contribution in [2.24, 2.45) is 16.6 Å². The molecule has 108 valence electrons. The number of nitrogens with two attached hydrogens (primary N) is 1. The highest BCUT2D eigenvalue weighted by Crippen LogP contribution is 2.52. The Bertz CT molecular complexity index is 577. The Morgan fingerprint density at radius 2 is 2.05 bits per heavy atom. The van der Waals surface area contributed by atoms with E-state index in [4.69, 9.17) is 10.5 Å². The molecule has 1 aromatic carbocycles. The van der Waals surface area contributed by atoms with E-state index in [0.29, 0.717) is 12.8 Å². The maximum atomic E-state index is 14.0. The average Bonchev–Trinajstić information content (AvgIpc) is 2.35. The van der Waals surface area contributed by atoms with Crippen molar-refractivity contribution in [3.05, 3.63) is 35.4 Å². The van der Waals surface area contributed by atoms with Gasteiger partial charge in [0.05, 0.1) is 0 Å². The van der Waals surface area contributed by atoms with Gasteiger partial charge in [0, 0.05) is 11.5 Å². The molecule has 2 N–H and O–H groups in total. The number of aliphatic imine (C=N–C) groups is 1. The third kappa shape index (κ3) is 1.61. The molecule has 3 nitrogen and oxygen atoms in total. The summed E-state index contributed by atoms with van der Waals surface area (Å²) in [6.07, 6.45) is -2.58. The zero-order valence-corrected chi connectivity index (χ0v) is 10.3. The van der Waals surface area contributed by atoms with Crippen LogP contribution < -0.4 is 5.73 Å². The highest BCUT2D eigenvalue weighted by atomic mass is 19.3. The zero-order valence-electron chi connectivity index (χ0n) is 10.3. The van der Waals surface area contributed by atoms with Crippen LogP contribution in [-0.2, 0) is 10.3 Å². The number of rotatable bonds is 2. The molecule has 1 heterocycles. The van der Waals surface area contributed by atoms with Gasteiger partial charge in [0.25, 0.3) is 12.4 Å². The molecule has 3 atom stereocenters. The largest absolute Gasteiger partial charge is 0.462 e. The van der Waals surface area contributed by atoms with E-state index < -0.39 is 47.2 Å². The third-order valence-corrected chi connectivity index (χ3v) is 4.06. The van der Waals surface area contributed by atoms with Crippen molar-refractivity contribution in [1.82, 2.24) is 0 Å². The van der Waals surface area contributed by atoms with E-state index >= 15 is 0 Å². The molecule has 1 aromatic rings. The minimum Gasteiger partial charge on any atom is -0.462 e. The van der Waals surface area contributed by atoms with Crippen LogP contribution in [0.25, 0.3) is 0 Å². The maximum absolute atomic E-state index is 14.0. The molecule has 0 spiro atoms. The number of amidine groups is 1. The summed E-state index contributed by atoms with van der Waals surface area (Å²) in [5.74, 6) is -3.19. The summed E-state index contributed by atoms with van der Waals surface area (Å²) in [7, 11) is 0. The molecular formula is C13H12F4N2O. The van der Waals surface area contributed by atoms with Gasteiger partial charge in [-0.05, 0) is 18.9 Å². The molecule has 0 aromatic heterocycles. The molecule has 1 fully saturated rings. The van der Waals surface area contributed by atoms with Crippen molar-refractivity contribution >= 4 is 6.02 Å². The lowest BCUT2D eigenvalue weighted by molar-refractivity contribution is -0.0950. The van der Waals surface area contributed by atoms with E-state index in [2.05, 4.69) is 4.99 Å². The molecule has 1 aliphatic carbocycles. The van der Waals surface area contributed by atoms with Crippen molar-refractivity contribution in [1.29, 1.82) is 0 Å². The predicted octanol–water partition coefficient (Wildman–Crippen LogP) is 2.55. The molecule has 1 saturated carbocycles. The minimum absolute atomic E-state index is 0.405. The summed E-state index contributed by atoms with van der Waals surface area (Å²) < 4.78 is 59.9. The normalized spacial score (nSPS) is 32.1. The van der Waals surface area contributed by atoms with Gasteiger partial charge in [-0.2, -0.15) is 0 Å². The molecule has 20 heavy (non-hydrogen) atoms. The minimum atomic E-state index is -3.01. The van der Waals surface area contributed by atoms with Crippen LogP contribution in [0, 0.1) is 17.6 Å². The van der Waals surface area contributed by atoms with Crippen LogP contribution in [0.15, 0.2) is 23.2 Å².